The zero-order valence-electron chi connectivity index (χ0n) is 13.2. The molecular formula is C17H22BrNO3. The number of benzene rings is 1. The number of ether oxygens (including phenoxy) is 1. The molecule has 1 aromatic rings. The van der Waals surface area contributed by atoms with Crippen molar-refractivity contribution in [3.05, 3.63) is 34.3 Å². The van der Waals surface area contributed by atoms with Gasteiger partial charge in [-0.3, -0.25) is 9.59 Å². The minimum absolute atomic E-state index is 0.0110. The average molecular weight is 368 g/mol. The molecular weight excluding hydrogens is 346 g/mol. The Labute approximate surface area is 140 Å². The van der Waals surface area contributed by atoms with Gasteiger partial charge in [0.25, 0.3) is 0 Å². The van der Waals surface area contributed by atoms with Crippen LogP contribution in [0.15, 0.2) is 28.7 Å². The van der Waals surface area contributed by atoms with Gasteiger partial charge in [0, 0.05) is 16.4 Å². The summed E-state index contributed by atoms with van der Waals surface area (Å²) in [5.74, 6) is -0.0385. The Kier molecular flexibility index (Phi) is 5.62. The third-order valence-corrected chi connectivity index (χ3v) is 4.45. The molecule has 2 unspecified atom stereocenters. The second kappa shape index (κ2) is 7.27. The molecule has 120 valence electrons. The summed E-state index contributed by atoms with van der Waals surface area (Å²) in [5, 5.41) is 0. The summed E-state index contributed by atoms with van der Waals surface area (Å²) in [5.41, 5.74) is 1.18. The van der Waals surface area contributed by atoms with Crippen LogP contribution < -0.4 is 0 Å². The highest BCUT2D eigenvalue weighted by Crippen LogP contribution is 2.48. The van der Waals surface area contributed by atoms with Crippen molar-refractivity contribution in [2.24, 2.45) is 5.92 Å². The number of hydrogen-bond acceptors (Lipinski definition) is 3. The summed E-state index contributed by atoms with van der Waals surface area (Å²) in [7, 11) is 0. The van der Waals surface area contributed by atoms with Crippen molar-refractivity contribution in [2.75, 3.05) is 13.2 Å². The smallest absolute Gasteiger partial charge is 0.325 e. The second-order valence-corrected chi connectivity index (χ2v) is 6.78. The predicted octanol–water partition coefficient (Wildman–Crippen LogP) is 3.35. The first-order valence-electron chi connectivity index (χ1n) is 7.65. The van der Waals surface area contributed by atoms with Gasteiger partial charge in [-0.2, -0.15) is 0 Å². The minimum atomic E-state index is -0.342. The van der Waals surface area contributed by atoms with Crippen molar-refractivity contribution in [3.63, 3.8) is 0 Å². The van der Waals surface area contributed by atoms with E-state index in [9.17, 15) is 9.59 Å². The molecule has 1 aliphatic rings. The quantitative estimate of drug-likeness (QED) is 0.724. The molecule has 0 bridgehead atoms. The van der Waals surface area contributed by atoms with Gasteiger partial charge in [0.2, 0.25) is 5.91 Å². The van der Waals surface area contributed by atoms with Gasteiger partial charge in [-0.15, -0.1) is 0 Å². The normalized spacial score (nSPS) is 19.9. The van der Waals surface area contributed by atoms with Crippen LogP contribution in [0, 0.1) is 5.92 Å². The molecule has 1 saturated carbocycles. The third kappa shape index (κ3) is 4.09. The largest absolute Gasteiger partial charge is 0.465 e. The van der Waals surface area contributed by atoms with E-state index >= 15 is 0 Å². The first-order valence-corrected chi connectivity index (χ1v) is 8.44. The number of carbonyl (C=O) groups excluding carboxylic acids is 2. The molecule has 4 nitrogen and oxygen atoms in total. The van der Waals surface area contributed by atoms with E-state index in [-0.39, 0.29) is 36.3 Å². The number of esters is 1. The van der Waals surface area contributed by atoms with Crippen molar-refractivity contribution >= 4 is 27.8 Å². The van der Waals surface area contributed by atoms with Crippen LogP contribution in [0.1, 0.15) is 38.7 Å². The zero-order chi connectivity index (χ0) is 16.3. The van der Waals surface area contributed by atoms with Crippen LogP contribution in [0.3, 0.4) is 0 Å². The van der Waals surface area contributed by atoms with E-state index in [4.69, 9.17) is 4.74 Å². The standard InChI is InChI=1S/C17H22BrNO3/c1-4-22-16(20)10-19(11(2)3)17(21)15-9-14(15)12-5-7-13(18)8-6-12/h5-8,11,14-15H,4,9-10H2,1-3H3. The third-order valence-electron chi connectivity index (χ3n) is 3.92. The molecule has 22 heavy (non-hydrogen) atoms. The lowest BCUT2D eigenvalue weighted by Crippen LogP contribution is -2.42. The SMILES string of the molecule is CCOC(=O)CN(C(=O)C1CC1c1ccc(Br)cc1)C(C)C. The molecule has 0 aromatic heterocycles. The molecule has 5 heteroatoms. The van der Waals surface area contributed by atoms with E-state index in [2.05, 4.69) is 15.9 Å². The van der Waals surface area contributed by atoms with Crippen molar-refractivity contribution in [1.29, 1.82) is 0 Å². The minimum Gasteiger partial charge on any atom is -0.465 e. The highest BCUT2D eigenvalue weighted by molar-refractivity contribution is 9.10. The van der Waals surface area contributed by atoms with Gasteiger partial charge in [-0.1, -0.05) is 28.1 Å². The lowest BCUT2D eigenvalue weighted by atomic mass is 10.1. The molecule has 1 amide bonds. The molecule has 1 aliphatic carbocycles. The number of rotatable bonds is 6. The second-order valence-electron chi connectivity index (χ2n) is 5.87. The highest BCUT2D eigenvalue weighted by atomic mass is 79.9. The van der Waals surface area contributed by atoms with Gasteiger partial charge >= 0.3 is 5.97 Å². The fourth-order valence-electron chi connectivity index (χ4n) is 2.62. The van der Waals surface area contributed by atoms with Crippen LogP contribution in [0.25, 0.3) is 0 Å². The maximum Gasteiger partial charge on any atom is 0.325 e. The summed E-state index contributed by atoms with van der Waals surface area (Å²) in [6.07, 6.45) is 0.854. The maximum atomic E-state index is 12.6. The molecule has 2 rings (SSSR count). The Morgan fingerprint density at radius 1 is 1.32 bits per heavy atom. The Morgan fingerprint density at radius 3 is 2.50 bits per heavy atom. The molecule has 1 aromatic carbocycles. The monoisotopic (exact) mass is 367 g/mol. The summed E-state index contributed by atoms with van der Waals surface area (Å²) in [6.45, 7) is 5.99. The molecule has 0 heterocycles. The number of nitrogens with zero attached hydrogens (tertiary/aromatic N) is 1. The maximum absolute atomic E-state index is 12.6. The number of hydrogen-bond donors (Lipinski definition) is 0. The Balaban J connectivity index is 2.00. The summed E-state index contributed by atoms with van der Waals surface area (Å²) < 4.78 is 5.99. The van der Waals surface area contributed by atoms with Crippen LogP contribution in [-0.2, 0) is 14.3 Å². The highest BCUT2D eigenvalue weighted by Gasteiger charge is 2.46. The molecule has 0 aliphatic heterocycles. The summed E-state index contributed by atoms with van der Waals surface area (Å²) in [4.78, 5) is 25.9. The Morgan fingerprint density at radius 2 is 1.95 bits per heavy atom. The van der Waals surface area contributed by atoms with Gasteiger partial charge < -0.3 is 9.64 Å². The Hall–Kier alpha value is -1.36. The van der Waals surface area contributed by atoms with E-state index in [0.29, 0.717) is 6.61 Å². The first kappa shape index (κ1) is 17.0. The lowest BCUT2D eigenvalue weighted by molar-refractivity contribution is -0.150. The first-order chi connectivity index (χ1) is 10.4. The van der Waals surface area contributed by atoms with Gasteiger partial charge in [0.15, 0.2) is 0 Å². The lowest BCUT2D eigenvalue weighted by Gasteiger charge is -2.26. The van der Waals surface area contributed by atoms with Crippen LogP contribution in [0.4, 0.5) is 0 Å². The van der Waals surface area contributed by atoms with Crippen molar-refractivity contribution in [2.45, 2.75) is 39.2 Å². The number of amides is 1. The van der Waals surface area contributed by atoms with Crippen LogP contribution in [0.5, 0.6) is 0 Å². The zero-order valence-corrected chi connectivity index (χ0v) is 14.8. The van der Waals surface area contributed by atoms with Crippen LogP contribution >= 0.6 is 15.9 Å². The van der Waals surface area contributed by atoms with Crippen molar-refractivity contribution in [1.82, 2.24) is 4.90 Å². The van der Waals surface area contributed by atoms with Gasteiger partial charge in [-0.05, 0) is 50.8 Å². The van der Waals surface area contributed by atoms with Crippen LogP contribution in [0.2, 0.25) is 0 Å². The fraction of sp³-hybridized carbons (Fsp3) is 0.529. The molecule has 0 N–H and O–H groups in total. The van der Waals surface area contributed by atoms with E-state index in [1.54, 1.807) is 11.8 Å². The van der Waals surface area contributed by atoms with E-state index in [1.807, 2.05) is 38.1 Å². The molecule has 0 spiro atoms. The van der Waals surface area contributed by atoms with E-state index in [1.165, 1.54) is 5.56 Å². The van der Waals surface area contributed by atoms with Crippen LogP contribution in [-0.4, -0.2) is 36.0 Å². The summed E-state index contributed by atoms with van der Waals surface area (Å²) in [6, 6.07) is 8.07. The van der Waals surface area contributed by atoms with Gasteiger partial charge in [-0.25, -0.2) is 0 Å². The van der Waals surface area contributed by atoms with E-state index in [0.717, 1.165) is 10.9 Å². The number of halogens is 1. The molecule has 2 atom stereocenters. The molecule has 0 radical (unpaired) electrons. The predicted molar refractivity (Wildman–Crippen MR) is 88.5 cm³/mol. The molecule has 0 saturated heterocycles. The van der Waals surface area contributed by atoms with Gasteiger partial charge in [0.1, 0.15) is 6.54 Å². The van der Waals surface area contributed by atoms with Crippen molar-refractivity contribution < 1.29 is 14.3 Å². The fourth-order valence-corrected chi connectivity index (χ4v) is 2.88. The molecule has 1 fully saturated rings. The topological polar surface area (TPSA) is 46.6 Å². The Bertz CT molecular complexity index is 541. The summed E-state index contributed by atoms with van der Waals surface area (Å²) >= 11 is 3.42. The van der Waals surface area contributed by atoms with E-state index < -0.39 is 0 Å². The number of carbonyl (C=O) groups is 2. The van der Waals surface area contributed by atoms with Gasteiger partial charge in [0.05, 0.1) is 6.61 Å². The van der Waals surface area contributed by atoms with Crippen molar-refractivity contribution in [3.8, 4) is 0 Å². The average Bonchev–Trinajstić information content (AvgIpc) is 3.25.